The molecule has 0 radical (unpaired) electrons. The standard InChI is InChI=1S/C22H18ClFN4O2/c1-12(2)13-8-5-7-11-16(13)28-20-18(19(23)27-22(28)29)26-21(30-3)17(25-20)14-9-4-6-10-15(14)24/h4-12H,1-3H3. The lowest BCUT2D eigenvalue weighted by molar-refractivity contribution is 0.399. The zero-order chi connectivity index (χ0) is 21.4. The second kappa shape index (κ2) is 7.84. The van der Waals surface area contributed by atoms with E-state index >= 15 is 0 Å². The fourth-order valence-electron chi connectivity index (χ4n) is 3.35. The Balaban J connectivity index is 2.15. The molecule has 0 bridgehead atoms. The first-order chi connectivity index (χ1) is 14.4. The number of hydrogen-bond donors (Lipinski definition) is 0. The molecule has 0 spiro atoms. The van der Waals surface area contributed by atoms with E-state index < -0.39 is 11.5 Å². The van der Waals surface area contributed by atoms with Gasteiger partial charge in [-0.25, -0.2) is 23.7 Å². The second-order valence-electron chi connectivity index (χ2n) is 6.97. The summed E-state index contributed by atoms with van der Waals surface area (Å²) in [6.07, 6.45) is 0. The SMILES string of the molecule is COc1nc2c(Cl)nc(=O)n(-c3ccccc3C(C)C)c2nc1-c1ccccc1F. The van der Waals surface area contributed by atoms with Gasteiger partial charge in [-0.15, -0.1) is 0 Å². The number of methoxy groups -OCH3 is 1. The highest BCUT2D eigenvalue weighted by atomic mass is 35.5. The maximum atomic E-state index is 14.5. The van der Waals surface area contributed by atoms with Gasteiger partial charge in [-0.05, 0) is 29.7 Å². The van der Waals surface area contributed by atoms with Crippen LogP contribution in [0.1, 0.15) is 25.3 Å². The molecule has 0 N–H and O–H groups in total. The monoisotopic (exact) mass is 424 g/mol. The molecule has 4 aromatic rings. The molecule has 2 heterocycles. The summed E-state index contributed by atoms with van der Waals surface area (Å²) in [7, 11) is 1.41. The van der Waals surface area contributed by atoms with Crippen LogP contribution in [0.5, 0.6) is 5.88 Å². The van der Waals surface area contributed by atoms with E-state index in [1.807, 2.05) is 32.0 Å². The van der Waals surface area contributed by atoms with Gasteiger partial charge in [-0.3, -0.25) is 0 Å². The Morgan fingerprint density at radius 1 is 1.03 bits per heavy atom. The van der Waals surface area contributed by atoms with Gasteiger partial charge in [0.2, 0.25) is 5.88 Å². The van der Waals surface area contributed by atoms with Gasteiger partial charge in [0, 0.05) is 5.56 Å². The minimum absolute atomic E-state index is 0.0821. The van der Waals surface area contributed by atoms with Crippen molar-refractivity contribution in [2.24, 2.45) is 0 Å². The topological polar surface area (TPSA) is 69.9 Å². The number of hydrogen-bond acceptors (Lipinski definition) is 5. The van der Waals surface area contributed by atoms with Crippen LogP contribution in [0.2, 0.25) is 5.15 Å². The number of halogens is 2. The zero-order valence-electron chi connectivity index (χ0n) is 16.6. The van der Waals surface area contributed by atoms with E-state index in [9.17, 15) is 9.18 Å². The van der Waals surface area contributed by atoms with Crippen molar-refractivity contribution in [3.63, 3.8) is 0 Å². The van der Waals surface area contributed by atoms with Crippen LogP contribution in [0.25, 0.3) is 28.1 Å². The van der Waals surface area contributed by atoms with Crippen molar-refractivity contribution in [2.45, 2.75) is 19.8 Å². The number of nitrogens with zero attached hydrogens (tertiary/aromatic N) is 4. The molecule has 0 amide bonds. The van der Waals surface area contributed by atoms with Crippen molar-refractivity contribution in [3.8, 4) is 22.8 Å². The molecule has 152 valence electrons. The summed E-state index contributed by atoms with van der Waals surface area (Å²) in [5.74, 6) is -0.268. The molecule has 0 fully saturated rings. The average molecular weight is 425 g/mol. The van der Waals surface area contributed by atoms with E-state index in [1.165, 1.54) is 17.7 Å². The Morgan fingerprint density at radius 3 is 2.43 bits per heavy atom. The van der Waals surface area contributed by atoms with Gasteiger partial charge < -0.3 is 4.74 Å². The molecule has 8 heteroatoms. The average Bonchev–Trinajstić information content (AvgIpc) is 2.73. The summed E-state index contributed by atoms with van der Waals surface area (Å²) in [6, 6.07) is 13.6. The van der Waals surface area contributed by atoms with Crippen LogP contribution in [0.4, 0.5) is 4.39 Å². The van der Waals surface area contributed by atoms with Gasteiger partial charge in [0.15, 0.2) is 10.8 Å². The first-order valence-electron chi connectivity index (χ1n) is 9.30. The van der Waals surface area contributed by atoms with Crippen LogP contribution < -0.4 is 10.4 Å². The number of ether oxygens (including phenoxy) is 1. The van der Waals surface area contributed by atoms with Gasteiger partial charge in [0.25, 0.3) is 0 Å². The Kier molecular flexibility index (Phi) is 5.22. The van der Waals surface area contributed by atoms with Crippen LogP contribution >= 0.6 is 11.6 Å². The third-order valence-electron chi connectivity index (χ3n) is 4.76. The maximum Gasteiger partial charge on any atom is 0.355 e. The van der Waals surface area contributed by atoms with Crippen LogP contribution in [0.3, 0.4) is 0 Å². The van der Waals surface area contributed by atoms with E-state index in [4.69, 9.17) is 16.3 Å². The van der Waals surface area contributed by atoms with E-state index in [0.717, 1.165) is 5.56 Å². The van der Waals surface area contributed by atoms with Crippen LogP contribution in [-0.4, -0.2) is 26.6 Å². The van der Waals surface area contributed by atoms with Crippen LogP contribution in [-0.2, 0) is 0 Å². The Bertz CT molecular complexity index is 1320. The summed E-state index contributed by atoms with van der Waals surface area (Å²) < 4.78 is 21.2. The molecule has 0 saturated heterocycles. The lowest BCUT2D eigenvalue weighted by Crippen LogP contribution is -2.24. The minimum Gasteiger partial charge on any atom is -0.479 e. The molecule has 2 aromatic heterocycles. The lowest BCUT2D eigenvalue weighted by atomic mass is 10.0. The van der Waals surface area contributed by atoms with E-state index in [0.29, 0.717) is 5.69 Å². The van der Waals surface area contributed by atoms with Gasteiger partial charge in [-0.1, -0.05) is 55.8 Å². The quantitative estimate of drug-likeness (QED) is 0.441. The third kappa shape index (κ3) is 3.31. The number of rotatable bonds is 4. The number of para-hydroxylation sites is 1. The number of benzene rings is 2. The highest BCUT2D eigenvalue weighted by Crippen LogP contribution is 2.32. The first kappa shape index (κ1) is 20.0. The van der Waals surface area contributed by atoms with Crippen molar-refractivity contribution in [3.05, 3.63) is 75.5 Å². The summed E-state index contributed by atoms with van der Waals surface area (Å²) in [5.41, 5.74) is 1.67. The van der Waals surface area contributed by atoms with Crippen LogP contribution in [0, 0.1) is 5.82 Å². The fourth-order valence-corrected chi connectivity index (χ4v) is 3.55. The predicted octanol–water partition coefficient (Wildman–Crippen LogP) is 4.77. The molecule has 0 aliphatic rings. The van der Waals surface area contributed by atoms with E-state index in [-0.39, 0.29) is 39.4 Å². The Hall–Kier alpha value is -3.32. The smallest absolute Gasteiger partial charge is 0.355 e. The molecule has 30 heavy (non-hydrogen) atoms. The zero-order valence-corrected chi connectivity index (χ0v) is 17.3. The number of fused-ring (bicyclic) bond motifs is 1. The van der Waals surface area contributed by atoms with Crippen molar-refractivity contribution < 1.29 is 9.13 Å². The maximum absolute atomic E-state index is 14.5. The molecule has 2 aromatic carbocycles. The predicted molar refractivity (Wildman–Crippen MR) is 114 cm³/mol. The molecule has 0 saturated carbocycles. The summed E-state index contributed by atoms with van der Waals surface area (Å²) in [5, 5.41) is -0.0980. The second-order valence-corrected chi connectivity index (χ2v) is 7.33. The molecule has 6 nitrogen and oxygen atoms in total. The van der Waals surface area contributed by atoms with Crippen molar-refractivity contribution in [1.82, 2.24) is 19.5 Å². The summed E-state index contributed by atoms with van der Waals surface area (Å²) >= 11 is 6.23. The normalized spacial score (nSPS) is 11.3. The van der Waals surface area contributed by atoms with Gasteiger partial charge >= 0.3 is 5.69 Å². The molecular formula is C22H18ClFN4O2. The van der Waals surface area contributed by atoms with Crippen molar-refractivity contribution >= 4 is 22.8 Å². The van der Waals surface area contributed by atoms with E-state index in [2.05, 4.69) is 15.0 Å². The highest BCUT2D eigenvalue weighted by Gasteiger charge is 2.22. The molecule has 0 aliphatic heterocycles. The third-order valence-corrected chi connectivity index (χ3v) is 5.02. The van der Waals surface area contributed by atoms with Crippen molar-refractivity contribution in [1.29, 1.82) is 0 Å². The Morgan fingerprint density at radius 2 is 1.73 bits per heavy atom. The molecule has 4 rings (SSSR count). The fraction of sp³-hybridized carbons (Fsp3) is 0.182. The largest absolute Gasteiger partial charge is 0.479 e. The molecule has 0 unspecified atom stereocenters. The first-order valence-corrected chi connectivity index (χ1v) is 9.68. The lowest BCUT2D eigenvalue weighted by Gasteiger charge is -2.17. The van der Waals surface area contributed by atoms with Crippen LogP contribution in [0.15, 0.2) is 53.3 Å². The summed E-state index contributed by atoms with van der Waals surface area (Å²) in [4.78, 5) is 25.8. The number of aromatic nitrogens is 4. The summed E-state index contributed by atoms with van der Waals surface area (Å²) in [6.45, 7) is 4.05. The minimum atomic E-state index is -0.598. The van der Waals surface area contributed by atoms with Gasteiger partial charge in [-0.2, -0.15) is 4.98 Å². The molecule has 0 atom stereocenters. The molecule has 0 aliphatic carbocycles. The van der Waals surface area contributed by atoms with Crippen molar-refractivity contribution in [2.75, 3.05) is 7.11 Å². The van der Waals surface area contributed by atoms with Gasteiger partial charge in [0.1, 0.15) is 17.0 Å². The van der Waals surface area contributed by atoms with E-state index in [1.54, 1.807) is 24.3 Å². The Labute approximate surface area is 177 Å². The van der Waals surface area contributed by atoms with Gasteiger partial charge in [0.05, 0.1) is 12.8 Å². The molecular weight excluding hydrogens is 407 g/mol. The highest BCUT2D eigenvalue weighted by molar-refractivity contribution is 6.33.